The van der Waals surface area contributed by atoms with Crippen molar-refractivity contribution in [2.75, 3.05) is 6.54 Å². The number of para-hydroxylation sites is 1. The monoisotopic (exact) mass is 377 g/mol. The van der Waals surface area contributed by atoms with Gasteiger partial charge in [-0.1, -0.05) is 12.1 Å². The maximum atomic E-state index is 12.5. The number of carbonyl (C=O) groups excluding carboxylic acids is 1. The Bertz CT molecular complexity index is 1090. The van der Waals surface area contributed by atoms with Crippen LogP contribution in [0.1, 0.15) is 28.8 Å². The highest BCUT2D eigenvalue weighted by molar-refractivity contribution is 5.77. The van der Waals surface area contributed by atoms with Gasteiger partial charge in [-0.05, 0) is 48.7 Å². The fourth-order valence-electron chi connectivity index (χ4n) is 3.64. The minimum atomic E-state index is -0.122. The second-order valence-electron chi connectivity index (χ2n) is 7.04. The first-order valence-corrected chi connectivity index (χ1v) is 9.51. The lowest BCUT2D eigenvalue weighted by Gasteiger charge is -2.21. The molecule has 0 spiro atoms. The van der Waals surface area contributed by atoms with Crippen molar-refractivity contribution in [1.82, 2.24) is 25.2 Å². The maximum Gasteiger partial charge on any atom is 0.261 e. The van der Waals surface area contributed by atoms with E-state index in [0.29, 0.717) is 24.0 Å². The number of aryl methyl sites for hydroxylation is 2. The zero-order valence-electron chi connectivity index (χ0n) is 15.9. The zero-order chi connectivity index (χ0) is 19.5. The number of hydrogen-bond acceptors (Lipinski definition) is 5. The van der Waals surface area contributed by atoms with Crippen molar-refractivity contribution in [3.63, 3.8) is 0 Å². The summed E-state index contributed by atoms with van der Waals surface area (Å²) >= 11 is 0. The molecule has 0 saturated heterocycles. The molecule has 1 aromatic carbocycles. The highest BCUT2D eigenvalue weighted by Crippen LogP contribution is 2.20. The van der Waals surface area contributed by atoms with Crippen LogP contribution < -0.4 is 16.2 Å². The van der Waals surface area contributed by atoms with E-state index < -0.39 is 0 Å². The highest BCUT2D eigenvalue weighted by Gasteiger charge is 2.16. The van der Waals surface area contributed by atoms with E-state index in [1.165, 1.54) is 22.0 Å². The highest BCUT2D eigenvalue weighted by atomic mass is 16.1. The van der Waals surface area contributed by atoms with Crippen LogP contribution >= 0.6 is 0 Å². The lowest BCUT2D eigenvalue weighted by atomic mass is 9.96. The summed E-state index contributed by atoms with van der Waals surface area (Å²) in [5.74, 6) is -0.0917. The summed E-state index contributed by atoms with van der Waals surface area (Å²) < 4.78 is 1.49. The molecule has 1 amide bonds. The van der Waals surface area contributed by atoms with Gasteiger partial charge in [0.25, 0.3) is 5.56 Å². The van der Waals surface area contributed by atoms with Crippen molar-refractivity contribution in [1.29, 1.82) is 0 Å². The van der Waals surface area contributed by atoms with E-state index in [0.717, 1.165) is 30.8 Å². The SMILES string of the molecule is Cc1ncc2c(c1CNC(=O)CCn1cnc3ccccc3c1=O)CCNC2. The summed E-state index contributed by atoms with van der Waals surface area (Å²) in [5.41, 5.74) is 5.10. The Labute approximate surface area is 162 Å². The van der Waals surface area contributed by atoms with Gasteiger partial charge in [-0.2, -0.15) is 0 Å². The molecule has 0 saturated carbocycles. The smallest absolute Gasteiger partial charge is 0.261 e. The number of aromatic nitrogens is 3. The summed E-state index contributed by atoms with van der Waals surface area (Å²) in [6.07, 6.45) is 4.60. The molecule has 0 bridgehead atoms. The van der Waals surface area contributed by atoms with E-state index in [9.17, 15) is 9.59 Å². The van der Waals surface area contributed by atoms with E-state index in [-0.39, 0.29) is 17.9 Å². The molecule has 0 unspecified atom stereocenters. The molecule has 7 nitrogen and oxygen atoms in total. The van der Waals surface area contributed by atoms with Crippen LogP contribution in [-0.4, -0.2) is 27.0 Å². The molecule has 1 aliphatic heterocycles. The molecule has 3 aromatic rings. The number of benzene rings is 1. The van der Waals surface area contributed by atoms with Crippen LogP contribution in [0, 0.1) is 6.92 Å². The number of amides is 1. The number of nitrogens with zero attached hydrogens (tertiary/aromatic N) is 3. The average Bonchev–Trinajstić information content (AvgIpc) is 2.73. The van der Waals surface area contributed by atoms with Crippen molar-refractivity contribution in [2.24, 2.45) is 0 Å². The van der Waals surface area contributed by atoms with E-state index in [4.69, 9.17) is 0 Å². The number of carbonyl (C=O) groups is 1. The summed E-state index contributed by atoms with van der Waals surface area (Å²) in [4.78, 5) is 33.6. The summed E-state index contributed by atoms with van der Waals surface area (Å²) in [7, 11) is 0. The molecular weight excluding hydrogens is 354 g/mol. The topological polar surface area (TPSA) is 88.9 Å². The first kappa shape index (κ1) is 18.3. The van der Waals surface area contributed by atoms with Gasteiger partial charge in [0, 0.05) is 37.9 Å². The van der Waals surface area contributed by atoms with Gasteiger partial charge in [0.15, 0.2) is 0 Å². The van der Waals surface area contributed by atoms with E-state index in [1.807, 2.05) is 25.3 Å². The Hall–Kier alpha value is -3.06. The van der Waals surface area contributed by atoms with Crippen molar-refractivity contribution in [3.8, 4) is 0 Å². The predicted molar refractivity (Wildman–Crippen MR) is 107 cm³/mol. The lowest BCUT2D eigenvalue weighted by Crippen LogP contribution is -2.30. The van der Waals surface area contributed by atoms with E-state index in [1.54, 1.807) is 12.1 Å². The van der Waals surface area contributed by atoms with Crippen LogP contribution in [0.5, 0.6) is 0 Å². The maximum absolute atomic E-state index is 12.5. The zero-order valence-corrected chi connectivity index (χ0v) is 15.9. The third-order valence-corrected chi connectivity index (χ3v) is 5.24. The Balaban J connectivity index is 1.41. The molecule has 2 N–H and O–H groups in total. The summed E-state index contributed by atoms with van der Waals surface area (Å²) in [6.45, 7) is 4.50. The Morgan fingerprint density at radius 3 is 3.04 bits per heavy atom. The second-order valence-corrected chi connectivity index (χ2v) is 7.04. The number of nitrogens with one attached hydrogen (secondary N) is 2. The van der Waals surface area contributed by atoms with Crippen LogP contribution in [-0.2, 0) is 30.8 Å². The van der Waals surface area contributed by atoms with E-state index >= 15 is 0 Å². The number of rotatable bonds is 5. The molecule has 144 valence electrons. The van der Waals surface area contributed by atoms with Gasteiger partial charge in [0.1, 0.15) is 0 Å². The first-order chi connectivity index (χ1) is 13.6. The van der Waals surface area contributed by atoms with Crippen molar-refractivity contribution in [2.45, 2.75) is 39.4 Å². The molecule has 0 radical (unpaired) electrons. The Morgan fingerprint density at radius 2 is 2.14 bits per heavy atom. The first-order valence-electron chi connectivity index (χ1n) is 9.51. The van der Waals surface area contributed by atoms with Crippen LogP contribution in [0.4, 0.5) is 0 Å². The van der Waals surface area contributed by atoms with Crippen molar-refractivity contribution >= 4 is 16.8 Å². The third kappa shape index (κ3) is 3.66. The predicted octanol–water partition coefficient (Wildman–Crippen LogP) is 1.45. The molecule has 4 rings (SSSR count). The lowest BCUT2D eigenvalue weighted by molar-refractivity contribution is -0.121. The number of pyridine rings is 1. The van der Waals surface area contributed by atoms with Gasteiger partial charge in [-0.25, -0.2) is 4.98 Å². The summed E-state index contributed by atoms with van der Waals surface area (Å²) in [6, 6.07) is 7.22. The second kappa shape index (κ2) is 7.90. The Kier molecular flexibility index (Phi) is 5.16. The molecule has 0 atom stereocenters. The van der Waals surface area contributed by atoms with Crippen LogP contribution in [0.25, 0.3) is 10.9 Å². The van der Waals surface area contributed by atoms with Gasteiger partial charge < -0.3 is 10.6 Å². The molecule has 1 aliphatic rings. The number of hydrogen-bond donors (Lipinski definition) is 2. The van der Waals surface area contributed by atoms with Gasteiger partial charge in [0.05, 0.1) is 17.2 Å². The molecule has 2 aromatic heterocycles. The van der Waals surface area contributed by atoms with E-state index in [2.05, 4.69) is 20.6 Å². The molecule has 0 fully saturated rings. The van der Waals surface area contributed by atoms with Crippen LogP contribution in [0.3, 0.4) is 0 Å². The molecule has 28 heavy (non-hydrogen) atoms. The van der Waals surface area contributed by atoms with Crippen molar-refractivity contribution in [3.05, 3.63) is 69.5 Å². The molecule has 7 heteroatoms. The fraction of sp³-hybridized carbons (Fsp3) is 0.333. The van der Waals surface area contributed by atoms with Gasteiger partial charge in [0.2, 0.25) is 5.91 Å². The van der Waals surface area contributed by atoms with Crippen molar-refractivity contribution < 1.29 is 4.79 Å². The quantitative estimate of drug-likeness (QED) is 0.703. The minimum absolute atomic E-state index is 0.0917. The van der Waals surface area contributed by atoms with Gasteiger partial charge in [-0.3, -0.25) is 19.1 Å². The third-order valence-electron chi connectivity index (χ3n) is 5.24. The van der Waals surface area contributed by atoms with Crippen LogP contribution in [0.2, 0.25) is 0 Å². The average molecular weight is 377 g/mol. The van der Waals surface area contributed by atoms with Crippen LogP contribution in [0.15, 0.2) is 41.6 Å². The normalized spacial score (nSPS) is 13.3. The minimum Gasteiger partial charge on any atom is -0.352 e. The standard InChI is InChI=1S/C21H23N5O2/c1-14-18(16-6-8-22-10-15(16)11-23-14)12-24-20(27)7-9-26-13-25-19-5-3-2-4-17(19)21(26)28/h2-5,11,13,22H,6-10,12H2,1H3,(H,24,27). The Morgan fingerprint density at radius 1 is 1.29 bits per heavy atom. The molecule has 0 aliphatic carbocycles. The fourth-order valence-corrected chi connectivity index (χ4v) is 3.64. The van der Waals surface area contributed by atoms with Gasteiger partial charge >= 0.3 is 0 Å². The molecule has 3 heterocycles. The summed E-state index contributed by atoms with van der Waals surface area (Å²) in [5, 5.41) is 6.89. The number of fused-ring (bicyclic) bond motifs is 2. The largest absolute Gasteiger partial charge is 0.352 e. The molecular formula is C21H23N5O2. The van der Waals surface area contributed by atoms with Gasteiger partial charge in [-0.15, -0.1) is 0 Å².